The van der Waals surface area contributed by atoms with E-state index >= 15 is 0 Å². The van der Waals surface area contributed by atoms with Gasteiger partial charge in [-0.25, -0.2) is 0 Å². The average molecular weight is 215 g/mol. The Morgan fingerprint density at radius 2 is 2.06 bits per heavy atom. The summed E-state index contributed by atoms with van der Waals surface area (Å²) in [5.74, 6) is -0.273. The number of nitrogens with two attached hydrogens (primary N) is 1. The second-order valence-electron chi connectivity index (χ2n) is 4.30. The maximum absolute atomic E-state index is 11.3. The molecule has 0 bridgehead atoms. The molecular weight excluding hydrogens is 202 g/mol. The van der Waals surface area contributed by atoms with Gasteiger partial charge in [-0.15, -0.1) is 0 Å². The number of primary amides is 1. The van der Waals surface area contributed by atoms with E-state index < -0.39 is 5.54 Å². The fourth-order valence-electron chi connectivity index (χ4n) is 1.95. The van der Waals surface area contributed by atoms with Crippen LogP contribution in [0.5, 0.6) is 0 Å². The number of carbonyl (C=O) groups is 1. The summed E-state index contributed by atoms with van der Waals surface area (Å²) in [7, 11) is 0. The maximum Gasteiger partial charge on any atom is 0.244 e. The highest BCUT2D eigenvalue weighted by Crippen LogP contribution is 2.36. The van der Waals surface area contributed by atoms with Gasteiger partial charge in [0.25, 0.3) is 0 Å². The first-order chi connectivity index (χ1) is 7.71. The Hall–Kier alpha value is -1.97. The number of amides is 1. The van der Waals surface area contributed by atoms with Gasteiger partial charge in [0.05, 0.1) is 5.52 Å². The lowest BCUT2D eigenvalue weighted by molar-refractivity contribution is -0.119. The molecule has 0 saturated heterocycles. The SMILES string of the molecule is NC(=O)C1(Nn2ccc3ccccc32)CC1. The lowest BCUT2D eigenvalue weighted by Gasteiger charge is -2.16. The lowest BCUT2D eigenvalue weighted by atomic mass is 10.2. The fourth-order valence-corrected chi connectivity index (χ4v) is 1.95. The average Bonchev–Trinajstić information content (AvgIpc) is 2.96. The zero-order chi connectivity index (χ0) is 11.2. The van der Waals surface area contributed by atoms with E-state index in [1.165, 1.54) is 0 Å². The minimum absolute atomic E-state index is 0.273. The van der Waals surface area contributed by atoms with Gasteiger partial charge in [0.2, 0.25) is 5.91 Å². The Labute approximate surface area is 93.0 Å². The van der Waals surface area contributed by atoms with E-state index in [0.29, 0.717) is 0 Å². The highest BCUT2D eigenvalue weighted by Gasteiger charge is 2.49. The summed E-state index contributed by atoms with van der Waals surface area (Å²) in [4.78, 5) is 11.3. The van der Waals surface area contributed by atoms with Crippen LogP contribution in [-0.2, 0) is 4.79 Å². The van der Waals surface area contributed by atoms with Crippen LogP contribution in [0.15, 0.2) is 36.5 Å². The predicted octanol–water partition coefficient (Wildman–Crippen LogP) is 1.20. The molecule has 1 aliphatic carbocycles. The quantitative estimate of drug-likeness (QED) is 0.808. The molecule has 2 aromatic rings. The Morgan fingerprint density at radius 3 is 2.75 bits per heavy atom. The molecule has 1 fully saturated rings. The molecule has 3 rings (SSSR count). The van der Waals surface area contributed by atoms with Crippen molar-refractivity contribution in [2.75, 3.05) is 5.43 Å². The minimum atomic E-state index is -0.526. The van der Waals surface area contributed by atoms with E-state index in [1.54, 1.807) is 0 Å². The van der Waals surface area contributed by atoms with Crippen molar-refractivity contribution in [3.05, 3.63) is 36.5 Å². The molecule has 3 N–H and O–H groups in total. The number of rotatable bonds is 3. The normalized spacial score (nSPS) is 17.2. The van der Waals surface area contributed by atoms with E-state index in [-0.39, 0.29) is 5.91 Å². The molecule has 4 nitrogen and oxygen atoms in total. The molecule has 1 aromatic heterocycles. The van der Waals surface area contributed by atoms with Crippen molar-refractivity contribution in [3.63, 3.8) is 0 Å². The van der Waals surface area contributed by atoms with Gasteiger partial charge in [-0.1, -0.05) is 18.2 Å². The van der Waals surface area contributed by atoms with Crippen molar-refractivity contribution in [1.29, 1.82) is 0 Å². The van der Waals surface area contributed by atoms with Crippen LogP contribution in [0.1, 0.15) is 12.8 Å². The largest absolute Gasteiger partial charge is 0.368 e. The van der Waals surface area contributed by atoms with Crippen LogP contribution in [-0.4, -0.2) is 16.1 Å². The van der Waals surface area contributed by atoms with Gasteiger partial charge < -0.3 is 11.2 Å². The Kier molecular flexibility index (Phi) is 1.74. The van der Waals surface area contributed by atoms with Crippen LogP contribution in [0.25, 0.3) is 10.9 Å². The van der Waals surface area contributed by atoms with Crippen molar-refractivity contribution in [3.8, 4) is 0 Å². The van der Waals surface area contributed by atoms with E-state index in [1.807, 2.05) is 41.2 Å². The van der Waals surface area contributed by atoms with Crippen LogP contribution < -0.4 is 11.2 Å². The Morgan fingerprint density at radius 1 is 1.31 bits per heavy atom. The Balaban J connectivity index is 1.98. The van der Waals surface area contributed by atoms with Crippen molar-refractivity contribution in [2.45, 2.75) is 18.4 Å². The van der Waals surface area contributed by atoms with Gasteiger partial charge in [-0.2, -0.15) is 0 Å². The molecule has 4 heteroatoms. The number of para-hydroxylation sites is 1. The van der Waals surface area contributed by atoms with Gasteiger partial charge in [-0.05, 0) is 25.0 Å². The summed E-state index contributed by atoms with van der Waals surface area (Å²) < 4.78 is 1.88. The number of hydrogen-bond acceptors (Lipinski definition) is 2. The molecule has 1 saturated carbocycles. The predicted molar refractivity (Wildman–Crippen MR) is 62.5 cm³/mol. The molecule has 16 heavy (non-hydrogen) atoms. The number of hydrogen-bond donors (Lipinski definition) is 2. The molecule has 0 unspecified atom stereocenters. The summed E-state index contributed by atoms with van der Waals surface area (Å²) in [6.45, 7) is 0. The molecule has 82 valence electrons. The maximum atomic E-state index is 11.3. The van der Waals surface area contributed by atoms with Crippen LogP contribution >= 0.6 is 0 Å². The number of fused-ring (bicyclic) bond motifs is 1. The topological polar surface area (TPSA) is 60.1 Å². The summed E-state index contributed by atoms with van der Waals surface area (Å²) >= 11 is 0. The van der Waals surface area contributed by atoms with Gasteiger partial charge in [0, 0.05) is 11.6 Å². The lowest BCUT2D eigenvalue weighted by Crippen LogP contribution is -2.41. The molecule has 1 aromatic carbocycles. The summed E-state index contributed by atoms with van der Waals surface area (Å²) in [5.41, 5.74) is 9.11. The van der Waals surface area contributed by atoms with Gasteiger partial charge in [0.1, 0.15) is 5.54 Å². The Bertz CT molecular complexity index is 554. The fraction of sp³-hybridized carbons (Fsp3) is 0.250. The first-order valence-electron chi connectivity index (χ1n) is 5.35. The second kappa shape index (κ2) is 3.01. The highest BCUT2D eigenvalue weighted by molar-refractivity contribution is 5.90. The van der Waals surface area contributed by atoms with Crippen LogP contribution in [0, 0.1) is 0 Å². The minimum Gasteiger partial charge on any atom is -0.368 e. The highest BCUT2D eigenvalue weighted by atomic mass is 16.2. The summed E-state index contributed by atoms with van der Waals surface area (Å²) in [6, 6.07) is 10.0. The van der Waals surface area contributed by atoms with E-state index in [4.69, 9.17) is 5.73 Å². The summed E-state index contributed by atoms with van der Waals surface area (Å²) in [5, 5.41) is 1.15. The molecule has 1 heterocycles. The van der Waals surface area contributed by atoms with Crippen molar-refractivity contribution < 1.29 is 4.79 Å². The molecule has 1 amide bonds. The van der Waals surface area contributed by atoms with Crippen molar-refractivity contribution in [1.82, 2.24) is 4.68 Å². The third-order valence-corrected chi connectivity index (χ3v) is 3.16. The summed E-state index contributed by atoms with van der Waals surface area (Å²) in [6.07, 6.45) is 3.55. The molecule has 0 radical (unpaired) electrons. The third-order valence-electron chi connectivity index (χ3n) is 3.16. The molecule has 0 atom stereocenters. The number of nitrogens with one attached hydrogen (secondary N) is 1. The molecule has 1 aliphatic rings. The zero-order valence-corrected chi connectivity index (χ0v) is 8.81. The zero-order valence-electron chi connectivity index (χ0n) is 8.81. The van der Waals surface area contributed by atoms with Crippen molar-refractivity contribution in [2.24, 2.45) is 5.73 Å². The number of nitrogens with zero attached hydrogens (tertiary/aromatic N) is 1. The first-order valence-corrected chi connectivity index (χ1v) is 5.35. The van der Waals surface area contributed by atoms with E-state index in [9.17, 15) is 4.79 Å². The van der Waals surface area contributed by atoms with Gasteiger partial charge in [0.15, 0.2) is 0 Å². The van der Waals surface area contributed by atoms with E-state index in [2.05, 4.69) is 5.43 Å². The van der Waals surface area contributed by atoms with Crippen molar-refractivity contribution >= 4 is 16.8 Å². The first kappa shape index (κ1) is 9.27. The van der Waals surface area contributed by atoms with Gasteiger partial charge in [-0.3, -0.25) is 9.47 Å². The standard InChI is InChI=1S/C12H13N3O/c13-11(16)12(6-7-12)14-15-8-5-9-3-1-2-4-10(9)15/h1-5,8,14H,6-7H2,(H2,13,16). The number of aromatic nitrogens is 1. The second-order valence-corrected chi connectivity index (χ2v) is 4.30. The van der Waals surface area contributed by atoms with Crippen LogP contribution in [0.2, 0.25) is 0 Å². The number of benzene rings is 1. The smallest absolute Gasteiger partial charge is 0.244 e. The monoisotopic (exact) mass is 215 g/mol. The van der Waals surface area contributed by atoms with Gasteiger partial charge >= 0.3 is 0 Å². The van der Waals surface area contributed by atoms with E-state index in [0.717, 1.165) is 23.7 Å². The molecule has 0 spiro atoms. The van der Waals surface area contributed by atoms with Crippen LogP contribution in [0.3, 0.4) is 0 Å². The molecule has 0 aliphatic heterocycles. The molecular formula is C12H13N3O. The number of carbonyl (C=O) groups excluding carboxylic acids is 1. The van der Waals surface area contributed by atoms with Crippen LogP contribution in [0.4, 0.5) is 0 Å². The third kappa shape index (κ3) is 1.26.